The standard InChI is InChI=1S/C32H40BrClN3O6S3/c1-21-17-22(2)24(4)30(23(21)3)46(41,42)36-14-8-27(9-15-36)37(29-5-11-32(33,34)18-25(29)19-43-31(37)38)26-6-12-35(13-7-26)45(39,40)28-10-16-44-20-28/h5,10,16-18,20,26-27H,6-9,11-15,19H2,1-4H3/q+1. The number of piperidine rings is 2. The molecule has 2 unspecified atom stereocenters. The van der Waals surface area contributed by atoms with Gasteiger partial charge in [0.2, 0.25) is 20.0 Å². The van der Waals surface area contributed by atoms with Crippen LogP contribution in [0, 0.1) is 27.7 Å². The van der Waals surface area contributed by atoms with Gasteiger partial charge in [-0.05, 0) is 73.5 Å². The largest absolute Gasteiger partial charge is 0.522 e. The fourth-order valence-corrected chi connectivity index (χ4v) is 13.0. The van der Waals surface area contributed by atoms with Gasteiger partial charge in [-0.15, -0.1) is 11.6 Å². The van der Waals surface area contributed by atoms with Crippen molar-refractivity contribution in [3.63, 3.8) is 0 Å². The van der Waals surface area contributed by atoms with Crippen molar-refractivity contribution in [3.8, 4) is 0 Å². The molecule has 14 heteroatoms. The third-order valence-electron chi connectivity index (χ3n) is 10.4. The van der Waals surface area contributed by atoms with Gasteiger partial charge in [-0.2, -0.15) is 29.2 Å². The van der Waals surface area contributed by atoms with Gasteiger partial charge < -0.3 is 4.74 Å². The van der Waals surface area contributed by atoms with E-state index in [2.05, 4.69) is 15.9 Å². The van der Waals surface area contributed by atoms with Crippen LogP contribution in [-0.2, 0) is 24.8 Å². The molecule has 0 N–H and O–H groups in total. The van der Waals surface area contributed by atoms with E-state index in [0.717, 1.165) is 33.5 Å². The van der Waals surface area contributed by atoms with Crippen LogP contribution >= 0.6 is 38.9 Å². The zero-order valence-electron chi connectivity index (χ0n) is 26.5. The van der Waals surface area contributed by atoms with Crippen molar-refractivity contribution in [2.75, 3.05) is 32.8 Å². The first-order valence-electron chi connectivity index (χ1n) is 15.6. The SMILES string of the molecule is Cc1cc(C)c(C)c(S(=O)(=O)N2CCC([N+]3(C4CCN(S(=O)(=O)c5ccsc5)CC4)C(=O)OCC4=CC(Cl)(Br)CC=C43)CC2)c1C. The Morgan fingerprint density at radius 3 is 2.00 bits per heavy atom. The van der Waals surface area contributed by atoms with E-state index >= 15 is 0 Å². The highest BCUT2D eigenvalue weighted by Crippen LogP contribution is 2.48. The van der Waals surface area contributed by atoms with E-state index < -0.39 is 23.8 Å². The van der Waals surface area contributed by atoms with E-state index in [9.17, 15) is 21.6 Å². The van der Waals surface area contributed by atoms with Crippen molar-refractivity contribution in [1.29, 1.82) is 0 Å². The molecule has 3 aliphatic heterocycles. The lowest BCUT2D eigenvalue weighted by Gasteiger charge is -2.53. The van der Waals surface area contributed by atoms with Crippen LogP contribution in [0.2, 0.25) is 0 Å². The number of halogens is 2. The topological polar surface area (TPSA) is 101 Å². The second kappa shape index (κ2) is 12.4. The number of aryl methyl sites for hydroxylation is 2. The van der Waals surface area contributed by atoms with Gasteiger partial charge in [-0.1, -0.05) is 22.0 Å². The first-order chi connectivity index (χ1) is 21.6. The lowest BCUT2D eigenvalue weighted by Crippen LogP contribution is -2.69. The summed E-state index contributed by atoms with van der Waals surface area (Å²) in [4.78, 5) is 14.9. The molecule has 0 bridgehead atoms. The Bertz CT molecular complexity index is 1800. The van der Waals surface area contributed by atoms with Crippen molar-refractivity contribution in [1.82, 2.24) is 8.61 Å². The number of alkyl halides is 2. The molecule has 46 heavy (non-hydrogen) atoms. The van der Waals surface area contributed by atoms with Crippen LogP contribution in [0.15, 0.2) is 56.1 Å². The maximum Gasteiger partial charge on any atom is 0.522 e. The summed E-state index contributed by atoms with van der Waals surface area (Å²) >= 11 is 11.6. The monoisotopic (exact) mass is 772 g/mol. The minimum atomic E-state index is -3.78. The highest BCUT2D eigenvalue weighted by molar-refractivity contribution is 9.10. The lowest BCUT2D eigenvalue weighted by atomic mass is 9.88. The number of hydrogen-bond donors (Lipinski definition) is 0. The molecule has 6 rings (SSSR count). The molecule has 4 aliphatic rings. The smallest absolute Gasteiger partial charge is 0.415 e. The summed E-state index contributed by atoms with van der Waals surface area (Å²) in [6, 6.07) is 3.15. The molecule has 250 valence electrons. The number of fused-ring (bicyclic) bond motifs is 1. The predicted octanol–water partition coefficient (Wildman–Crippen LogP) is 6.50. The highest BCUT2D eigenvalue weighted by atomic mass is 79.9. The zero-order chi connectivity index (χ0) is 33.2. The van der Waals surface area contributed by atoms with Crippen LogP contribution in [0.25, 0.3) is 0 Å². The summed E-state index contributed by atoms with van der Waals surface area (Å²) in [7, 11) is -7.41. The lowest BCUT2D eigenvalue weighted by molar-refractivity contribution is -0.875. The number of hydrogen-bond acceptors (Lipinski definition) is 7. The summed E-state index contributed by atoms with van der Waals surface area (Å²) in [5.41, 5.74) is 5.10. The number of amides is 1. The molecule has 0 saturated carbocycles. The Balaban J connectivity index is 1.33. The van der Waals surface area contributed by atoms with Crippen LogP contribution in [0.4, 0.5) is 4.79 Å². The quantitative estimate of drug-likeness (QED) is 0.246. The molecule has 0 spiro atoms. The number of ether oxygens (including phenoxy) is 1. The van der Waals surface area contributed by atoms with E-state index in [1.54, 1.807) is 21.1 Å². The Morgan fingerprint density at radius 2 is 1.48 bits per heavy atom. The van der Waals surface area contributed by atoms with Gasteiger partial charge in [0.1, 0.15) is 28.2 Å². The van der Waals surface area contributed by atoms with Crippen LogP contribution in [-0.4, -0.2) is 84.7 Å². The van der Waals surface area contributed by atoms with Crippen molar-refractivity contribution in [2.45, 2.75) is 85.5 Å². The molecule has 0 radical (unpaired) electrons. The minimum absolute atomic E-state index is 0.0619. The molecule has 3 fully saturated rings. The third-order valence-corrected chi connectivity index (χ3v) is 16.1. The van der Waals surface area contributed by atoms with E-state index in [-0.39, 0.29) is 60.3 Å². The van der Waals surface area contributed by atoms with E-state index in [1.165, 1.54) is 15.6 Å². The van der Waals surface area contributed by atoms with Gasteiger partial charge in [0.15, 0.2) is 0 Å². The molecule has 4 heterocycles. The molecule has 2 atom stereocenters. The Labute approximate surface area is 289 Å². The average Bonchev–Trinajstić information content (AvgIpc) is 3.57. The summed E-state index contributed by atoms with van der Waals surface area (Å²) in [5, 5.41) is 3.39. The van der Waals surface area contributed by atoms with Crippen molar-refractivity contribution in [3.05, 3.63) is 68.6 Å². The molecule has 2 aromatic rings. The normalized spacial score (nSPS) is 27.6. The molecule has 1 aromatic carbocycles. The Morgan fingerprint density at radius 1 is 0.935 bits per heavy atom. The summed E-state index contributed by atoms with van der Waals surface area (Å²) in [6.07, 6.45) is 5.87. The first-order valence-corrected chi connectivity index (χ1v) is 20.6. The number of cyclic esters (lactones) is 1. The second-order valence-electron chi connectivity index (χ2n) is 12.9. The number of nitrogens with zero attached hydrogens (tertiary/aromatic N) is 3. The second-order valence-corrected chi connectivity index (χ2v) is 20.0. The van der Waals surface area contributed by atoms with Gasteiger partial charge in [0.05, 0.1) is 9.79 Å². The van der Waals surface area contributed by atoms with Gasteiger partial charge in [-0.3, -0.25) is 0 Å². The Kier molecular flexibility index (Phi) is 9.23. The molecule has 1 amide bonds. The minimum Gasteiger partial charge on any atom is -0.415 e. The fraction of sp³-hybridized carbons (Fsp3) is 0.531. The number of thiophene rings is 1. The van der Waals surface area contributed by atoms with Gasteiger partial charge in [-0.25, -0.2) is 16.8 Å². The van der Waals surface area contributed by atoms with E-state index in [4.69, 9.17) is 16.3 Å². The van der Waals surface area contributed by atoms with Crippen LogP contribution in [0.3, 0.4) is 0 Å². The fourth-order valence-electron chi connectivity index (χ4n) is 7.81. The molecule has 3 saturated heterocycles. The van der Waals surface area contributed by atoms with Gasteiger partial charge >= 0.3 is 6.09 Å². The number of benzene rings is 1. The number of allylic oxidation sites excluding steroid dienone is 2. The molecule has 9 nitrogen and oxygen atoms in total. The molecular weight excluding hydrogens is 734 g/mol. The number of sulfonamides is 2. The van der Waals surface area contributed by atoms with Crippen LogP contribution in [0.1, 0.15) is 54.4 Å². The zero-order valence-corrected chi connectivity index (χ0v) is 31.3. The maximum absolute atomic E-state index is 14.2. The van der Waals surface area contributed by atoms with Crippen LogP contribution in [0.5, 0.6) is 0 Å². The predicted molar refractivity (Wildman–Crippen MR) is 183 cm³/mol. The first kappa shape index (κ1) is 34.3. The molecule has 1 aromatic heterocycles. The van der Waals surface area contributed by atoms with Gasteiger partial charge in [0, 0.05) is 69.2 Å². The molecular formula is C32H40BrClN3O6S3+. The summed E-state index contributed by atoms with van der Waals surface area (Å²) < 4.78 is 63.1. The Hall–Kier alpha value is -1.58. The highest BCUT2D eigenvalue weighted by Gasteiger charge is 2.60. The summed E-state index contributed by atoms with van der Waals surface area (Å²) in [6.45, 7) is 8.79. The summed E-state index contributed by atoms with van der Waals surface area (Å²) in [5.74, 6) is 0. The van der Waals surface area contributed by atoms with E-state index in [1.807, 2.05) is 45.9 Å². The maximum atomic E-state index is 14.2. The number of carbonyl (C=O) groups is 1. The van der Waals surface area contributed by atoms with Crippen molar-refractivity contribution >= 4 is 65.0 Å². The van der Waals surface area contributed by atoms with Gasteiger partial charge in [0.25, 0.3) is 0 Å². The number of quaternary nitrogens is 1. The van der Waals surface area contributed by atoms with Crippen molar-refractivity contribution in [2.24, 2.45) is 0 Å². The van der Waals surface area contributed by atoms with Crippen molar-refractivity contribution < 1.29 is 30.9 Å². The third kappa shape index (κ3) is 5.66. The van der Waals surface area contributed by atoms with E-state index in [0.29, 0.717) is 37.0 Å². The number of carbonyl (C=O) groups excluding carboxylic acids is 1. The molecule has 1 aliphatic carbocycles. The number of rotatable bonds is 6. The van der Waals surface area contributed by atoms with Crippen LogP contribution < -0.4 is 0 Å². The average molecular weight is 774 g/mol.